The molecule has 0 bridgehead atoms. The van der Waals surface area contributed by atoms with Crippen molar-refractivity contribution in [3.63, 3.8) is 0 Å². The van der Waals surface area contributed by atoms with Crippen molar-refractivity contribution >= 4 is 14.4 Å². The van der Waals surface area contributed by atoms with Crippen LogP contribution >= 0.6 is 0 Å². The quantitative estimate of drug-likeness (QED) is 0.246. The average molecular weight is 822 g/mol. The number of hydrogen-bond acceptors (Lipinski definition) is 0. The zero-order chi connectivity index (χ0) is 37.6. The van der Waals surface area contributed by atoms with Crippen LogP contribution in [0.25, 0.3) is 14.4 Å². The van der Waals surface area contributed by atoms with Crippen LogP contribution in [0.5, 0.6) is 0 Å². The normalized spacial score (nSPS) is 14.2. The van der Waals surface area contributed by atoms with Gasteiger partial charge in [0.2, 0.25) is 0 Å². The van der Waals surface area contributed by atoms with Gasteiger partial charge in [0.25, 0.3) is 0 Å². The number of allylic oxidation sites excluding steroid dienone is 4. The van der Waals surface area contributed by atoms with Gasteiger partial charge in [0.15, 0.2) is 0 Å². The first kappa shape index (κ1) is 43.3. The van der Waals surface area contributed by atoms with Crippen molar-refractivity contribution in [2.45, 2.75) is 132 Å². The number of fused-ring (bicyclic) bond motifs is 2. The van der Waals surface area contributed by atoms with E-state index in [1.807, 2.05) is 0 Å². The van der Waals surface area contributed by atoms with Crippen LogP contribution in [0.4, 0.5) is 0 Å². The summed E-state index contributed by atoms with van der Waals surface area (Å²) < 4.78 is 1.50. The fraction of sp³-hybridized carbons (Fsp3) is 0.400. The fourth-order valence-corrected chi connectivity index (χ4v) is 9.64. The van der Waals surface area contributed by atoms with E-state index in [-0.39, 0.29) is 46.5 Å². The van der Waals surface area contributed by atoms with Gasteiger partial charge in [0.1, 0.15) is 0 Å². The molecule has 277 valence electrons. The molecule has 53 heavy (non-hydrogen) atoms. The third-order valence-electron chi connectivity index (χ3n) is 11.0. The first-order chi connectivity index (χ1) is 23.5. The molecular weight excluding hydrogens is 763 g/mol. The van der Waals surface area contributed by atoms with Gasteiger partial charge in [-0.15, -0.1) is 0 Å². The summed E-state index contributed by atoms with van der Waals surface area (Å²) in [5.41, 5.74) is 18.1. The summed E-state index contributed by atoms with van der Waals surface area (Å²) in [4.78, 5) is 0. The van der Waals surface area contributed by atoms with Crippen LogP contribution in [-0.2, 0) is 46.4 Å². The molecule has 0 saturated heterocycles. The van der Waals surface area contributed by atoms with E-state index in [1.54, 1.807) is 0 Å². The summed E-state index contributed by atoms with van der Waals surface area (Å²) in [5.74, 6) is 0. The van der Waals surface area contributed by atoms with E-state index in [0.29, 0.717) is 0 Å². The molecule has 6 rings (SSSR count). The second kappa shape index (κ2) is 14.9. The summed E-state index contributed by atoms with van der Waals surface area (Å²) in [6, 6.07) is 23.9. The van der Waals surface area contributed by atoms with Gasteiger partial charge in [-0.3, -0.25) is 0 Å². The van der Waals surface area contributed by atoms with E-state index < -0.39 is 0 Å². The monoisotopic (exact) mass is 819 g/mol. The van der Waals surface area contributed by atoms with Crippen LogP contribution in [0, 0.1) is 24.3 Å². The predicted molar refractivity (Wildman–Crippen MR) is 217 cm³/mol. The van der Waals surface area contributed by atoms with Gasteiger partial charge in [-0.25, -0.2) is 0 Å². The van der Waals surface area contributed by atoms with Crippen LogP contribution in [0.1, 0.15) is 152 Å². The van der Waals surface area contributed by atoms with Crippen LogP contribution in [0.2, 0.25) is 0 Å². The van der Waals surface area contributed by atoms with Gasteiger partial charge in [-0.2, -0.15) is 0 Å². The fourth-order valence-electron chi connectivity index (χ4n) is 8.52. The van der Waals surface area contributed by atoms with Gasteiger partial charge in [0, 0.05) is 0 Å². The van der Waals surface area contributed by atoms with Crippen molar-refractivity contribution in [3.05, 3.63) is 155 Å². The maximum absolute atomic E-state index is 2.62. The van der Waals surface area contributed by atoms with E-state index >= 15 is 0 Å². The topological polar surface area (TPSA) is 0 Å². The maximum Gasteiger partial charge on any atom is -1.00 e. The second-order valence-corrected chi connectivity index (χ2v) is 20.7. The molecule has 0 atom stereocenters. The second-order valence-electron chi connectivity index (χ2n) is 19.4. The number of rotatable bonds is 3. The van der Waals surface area contributed by atoms with Crippen LogP contribution < -0.4 is 35.3 Å². The third-order valence-corrected chi connectivity index (χ3v) is 12.2. The van der Waals surface area contributed by atoms with Gasteiger partial charge in [-0.1, -0.05) is 0 Å². The van der Waals surface area contributed by atoms with E-state index in [9.17, 15) is 0 Å². The van der Waals surface area contributed by atoms with Gasteiger partial charge in [0.05, 0.1) is 0 Å². The standard InChI is InChI=1S/C50H59.2ClH.Zr/c1-30-19-23-33(24-20-30)41(34-25-21-31(2)22-26-34)44-42-37-29-40(48(7,8)9)39(47(4,5)6)28-35(37)27-38(42)43(36-18-16-17-32(36)3)45(49(10,11)12)46(44)50(13,14)15;;;/h16-17,19-26,28-29H,18H2,1-15H3;2*1H;/q;;;+2/p-2. The van der Waals surface area contributed by atoms with Crippen molar-refractivity contribution in [2.75, 3.05) is 0 Å². The molecule has 0 spiro atoms. The summed E-state index contributed by atoms with van der Waals surface area (Å²) in [6.07, 6.45) is 5.72. The summed E-state index contributed by atoms with van der Waals surface area (Å²) in [6.45, 7) is 35.8. The molecule has 0 aliphatic heterocycles. The summed E-state index contributed by atoms with van der Waals surface area (Å²) in [5, 5.41) is 5.72. The van der Waals surface area contributed by atoms with Gasteiger partial charge < -0.3 is 24.8 Å². The Balaban J connectivity index is 0.00000314. The van der Waals surface area contributed by atoms with Gasteiger partial charge >= 0.3 is 326 Å². The van der Waals surface area contributed by atoms with Crippen molar-refractivity contribution in [1.29, 1.82) is 0 Å². The largest absolute Gasteiger partial charge is 1.00 e. The Morgan fingerprint density at radius 1 is 0.547 bits per heavy atom. The summed E-state index contributed by atoms with van der Waals surface area (Å²) in [7, 11) is 0. The molecule has 0 nitrogen and oxygen atoms in total. The van der Waals surface area contributed by atoms with E-state index in [1.165, 1.54) is 121 Å². The van der Waals surface area contributed by atoms with E-state index in [4.69, 9.17) is 0 Å². The molecule has 0 fully saturated rings. The Morgan fingerprint density at radius 3 is 1.36 bits per heavy atom. The Kier molecular flexibility index (Phi) is 12.2. The first-order valence-corrected chi connectivity index (χ1v) is 20.2. The van der Waals surface area contributed by atoms with E-state index in [0.717, 1.165) is 6.42 Å². The maximum atomic E-state index is 2.62. The van der Waals surface area contributed by atoms with Crippen LogP contribution in [0.15, 0.2) is 78.4 Å². The van der Waals surface area contributed by atoms with Crippen molar-refractivity contribution < 1.29 is 49.5 Å². The number of halogens is 2. The van der Waals surface area contributed by atoms with Crippen LogP contribution in [0.3, 0.4) is 0 Å². The molecule has 0 radical (unpaired) electrons. The molecule has 4 aromatic rings. The number of benzene rings is 4. The van der Waals surface area contributed by atoms with Crippen molar-refractivity contribution in [3.8, 4) is 0 Å². The molecule has 0 saturated carbocycles. The third kappa shape index (κ3) is 7.84. The van der Waals surface area contributed by atoms with E-state index in [2.05, 4.69) is 177 Å². The number of aryl methyl sites for hydroxylation is 2. The molecule has 0 heterocycles. The molecular formula is C50H59Cl2Zr. The molecule has 0 unspecified atom stereocenters. The molecule has 0 N–H and O–H groups in total. The Morgan fingerprint density at radius 2 is 0.981 bits per heavy atom. The molecule has 2 aliphatic carbocycles. The smallest absolute Gasteiger partial charge is 1.00 e. The Bertz CT molecular complexity index is 2310. The molecule has 3 heteroatoms. The predicted octanol–water partition coefficient (Wildman–Crippen LogP) is 5.79. The Labute approximate surface area is 348 Å². The van der Waals surface area contributed by atoms with Gasteiger partial charge in [-0.05, 0) is 0 Å². The summed E-state index contributed by atoms with van der Waals surface area (Å²) >= 11 is 1.47. The molecule has 4 aromatic carbocycles. The SMILES string of the molecule is CC1=C(c2c(C(C)(C)C)c(C(C)(C)C)c(=C(c3ccc(C)cc3)c3ccc(C)cc3)c3c2[C]([Zr+2])=c2cc(C(C)(C)C)c(C(C)(C)C)cc2=3)CC=C1.[Cl-].[Cl-]. The van der Waals surface area contributed by atoms with Crippen molar-refractivity contribution in [1.82, 2.24) is 0 Å². The average Bonchev–Trinajstić information content (AvgIpc) is 3.56. The minimum Gasteiger partial charge on any atom is -1.00 e. The first-order valence-electron chi connectivity index (χ1n) is 18.9. The Hall–Kier alpha value is -2.44. The van der Waals surface area contributed by atoms with Crippen molar-refractivity contribution in [2.24, 2.45) is 0 Å². The molecule has 2 aliphatic rings. The molecule has 0 amide bonds. The zero-order valence-electron chi connectivity index (χ0n) is 34.9. The number of hydrogen-bond donors (Lipinski definition) is 0. The zero-order valence-corrected chi connectivity index (χ0v) is 38.9. The van der Waals surface area contributed by atoms with Crippen LogP contribution in [-0.4, -0.2) is 0 Å². The minimum absolute atomic E-state index is 0. The molecule has 0 aromatic heterocycles. The minimum atomic E-state index is -0.134.